The summed E-state index contributed by atoms with van der Waals surface area (Å²) in [5.74, 6) is 0.0644. The summed E-state index contributed by atoms with van der Waals surface area (Å²) >= 11 is 0. The Balaban J connectivity index is 2.01. The maximum atomic E-state index is 12.5. The maximum absolute atomic E-state index is 12.5. The minimum Gasteiger partial charge on any atom is -0.370 e. The van der Waals surface area contributed by atoms with Gasteiger partial charge in [-0.15, -0.1) is 0 Å². The lowest BCUT2D eigenvalue weighted by Crippen LogP contribution is -2.47. The molecule has 1 heterocycles. The van der Waals surface area contributed by atoms with Crippen molar-refractivity contribution in [2.24, 2.45) is 0 Å². The number of aromatic nitrogens is 1. The number of carbonyl (C=O) groups is 1. The Kier molecular flexibility index (Phi) is 2.63. The third kappa shape index (κ3) is 1.63. The molecule has 0 radical (unpaired) electrons. The minimum absolute atomic E-state index is 0.0644. The molecule has 1 saturated carbocycles. The van der Waals surface area contributed by atoms with Crippen LogP contribution in [-0.4, -0.2) is 23.5 Å². The summed E-state index contributed by atoms with van der Waals surface area (Å²) in [6.45, 7) is 0. The van der Waals surface area contributed by atoms with Crippen LogP contribution in [0.5, 0.6) is 0 Å². The fourth-order valence-corrected chi connectivity index (χ4v) is 2.48. The molecule has 92 valence electrons. The first kappa shape index (κ1) is 11.4. The Hall–Kier alpha value is -1.74. The van der Waals surface area contributed by atoms with E-state index < -0.39 is 5.60 Å². The van der Waals surface area contributed by atoms with Crippen molar-refractivity contribution in [1.82, 2.24) is 4.98 Å². The highest BCUT2D eigenvalue weighted by Gasteiger charge is 2.44. The summed E-state index contributed by atoms with van der Waals surface area (Å²) in [5.41, 5.74) is 0.966. The largest absolute Gasteiger partial charge is 0.370 e. The van der Waals surface area contributed by atoms with Gasteiger partial charge in [0, 0.05) is 24.3 Å². The van der Waals surface area contributed by atoms with Crippen molar-refractivity contribution >= 4 is 16.7 Å². The van der Waals surface area contributed by atoms with Crippen LogP contribution in [0.4, 0.5) is 0 Å². The zero-order valence-electron chi connectivity index (χ0n) is 10.3. The Bertz CT molecular complexity index is 597. The van der Waals surface area contributed by atoms with Gasteiger partial charge >= 0.3 is 0 Å². The number of ketones is 1. The standard InChI is InChI=1S/C15H15NO2/c1-18-15(7-4-8-15)14(17)12-9-11-5-2-3-6-13(11)16-10-12/h2-3,5-6,9-10H,4,7-8H2,1H3. The van der Waals surface area contributed by atoms with E-state index in [1.54, 1.807) is 13.3 Å². The van der Waals surface area contributed by atoms with E-state index in [0.717, 1.165) is 30.2 Å². The molecule has 1 aromatic heterocycles. The first-order chi connectivity index (χ1) is 8.75. The van der Waals surface area contributed by atoms with Crippen molar-refractivity contribution in [2.45, 2.75) is 24.9 Å². The minimum atomic E-state index is -0.593. The number of pyridine rings is 1. The van der Waals surface area contributed by atoms with Gasteiger partial charge in [-0.25, -0.2) is 0 Å². The van der Waals surface area contributed by atoms with Gasteiger partial charge in [0.1, 0.15) is 5.60 Å². The number of methoxy groups -OCH3 is 1. The van der Waals surface area contributed by atoms with E-state index in [4.69, 9.17) is 4.74 Å². The number of fused-ring (bicyclic) bond motifs is 1. The van der Waals surface area contributed by atoms with Crippen molar-refractivity contribution in [3.05, 3.63) is 42.1 Å². The van der Waals surface area contributed by atoms with E-state index in [9.17, 15) is 4.79 Å². The molecule has 1 aliphatic rings. The van der Waals surface area contributed by atoms with Crippen LogP contribution in [-0.2, 0) is 4.74 Å². The summed E-state index contributed by atoms with van der Waals surface area (Å²) in [7, 11) is 1.62. The van der Waals surface area contributed by atoms with Crippen LogP contribution < -0.4 is 0 Å². The van der Waals surface area contributed by atoms with Crippen LogP contribution in [0.1, 0.15) is 29.6 Å². The highest BCUT2D eigenvalue weighted by Crippen LogP contribution is 2.38. The summed E-state index contributed by atoms with van der Waals surface area (Å²) in [6.07, 6.45) is 4.34. The van der Waals surface area contributed by atoms with Gasteiger partial charge in [-0.1, -0.05) is 18.2 Å². The molecule has 0 N–H and O–H groups in total. The van der Waals surface area contributed by atoms with Crippen molar-refractivity contribution < 1.29 is 9.53 Å². The van der Waals surface area contributed by atoms with Gasteiger partial charge in [-0.05, 0) is 31.4 Å². The van der Waals surface area contributed by atoms with E-state index in [2.05, 4.69) is 4.98 Å². The fourth-order valence-electron chi connectivity index (χ4n) is 2.48. The molecule has 1 aliphatic carbocycles. The van der Waals surface area contributed by atoms with Gasteiger partial charge < -0.3 is 4.74 Å². The molecule has 3 heteroatoms. The van der Waals surface area contributed by atoms with E-state index in [1.807, 2.05) is 30.3 Å². The first-order valence-electron chi connectivity index (χ1n) is 6.20. The molecule has 0 aliphatic heterocycles. The Morgan fingerprint density at radius 1 is 1.33 bits per heavy atom. The normalized spacial score (nSPS) is 17.4. The number of para-hydroxylation sites is 1. The van der Waals surface area contributed by atoms with Crippen molar-refractivity contribution in [3.8, 4) is 0 Å². The summed E-state index contributed by atoms with van der Waals surface area (Å²) in [5, 5.41) is 0.994. The number of nitrogens with zero attached hydrogens (tertiary/aromatic N) is 1. The number of ether oxygens (including phenoxy) is 1. The van der Waals surface area contributed by atoms with Gasteiger partial charge in [0.15, 0.2) is 5.78 Å². The smallest absolute Gasteiger partial charge is 0.196 e. The second kappa shape index (κ2) is 4.18. The molecular formula is C15H15NO2. The number of hydrogen-bond acceptors (Lipinski definition) is 3. The first-order valence-corrected chi connectivity index (χ1v) is 6.20. The van der Waals surface area contributed by atoms with Crippen molar-refractivity contribution in [2.75, 3.05) is 7.11 Å². The molecule has 0 saturated heterocycles. The van der Waals surface area contributed by atoms with Crippen LogP contribution in [0.25, 0.3) is 10.9 Å². The van der Waals surface area contributed by atoms with Gasteiger partial charge in [-0.3, -0.25) is 9.78 Å². The number of Topliss-reactive ketones (excluding diaryl/α,β-unsaturated/α-hetero) is 1. The molecule has 0 atom stereocenters. The van der Waals surface area contributed by atoms with E-state index in [0.29, 0.717) is 5.56 Å². The van der Waals surface area contributed by atoms with Crippen LogP contribution >= 0.6 is 0 Å². The Morgan fingerprint density at radius 3 is 2.78 bits per heavy atom. The number of carbonyl (C=O) groups excluding carboxylic acids is 1. The van der Waals surface area contributed by atoms with Crippen LogP contribution in [0, 0.1) is 0 Å². The number of hydrogen-bond donors (Lipinski definition) is 0. The van der Waals surface area contributed by atoms with Gasteiger partial charge in [0.2, 0.25) is 0 Å². The van der Waals surface area contributed by atoms with Crippen LogP contribution in [0.2, 0.25) is 0 Å². The Labute approximate surface area is 106 Å². The molecule has 3 nitrogen and oxygen atoms in total. The SMILES string of the molecule is COC1(C(=O)c2cnc3ccccc3c2)CCC1. The topological polar surface area (TPSA) is 39.2 Å². The lowest BCUT2D eigenvalue weighted by Gasteiger charge is -2.38. The highest BCUT2D eigenvalue weighted by molar-refractivity contribution is 6.04. The van der Waals surface area contributed by atoms with Gasteiger partial charge in [0.05, 0.1) is 5.52 Å². The van der Waals surface area contributed by atoms with Gasteiger partial charge in [-0.2, -0.15) is 0 Å². The molecule has 0 spiro atoms. The van der Waals surface area contributed by atoms with Crippen LogP contribution in [0.3, 0.4) is 0 Å². The molecule has 3 rings (SSSR count). The van der Waals surface area contributed by atoms with Crippen molar-refractivity contribution in [1.29, 1.82) is 0 Å². The third-order valence-electron chi connectivity index (χ3n) is 3.82. The zero-order chi connectivity index (χ0) is 12.6. The quantitative estimate of drug-likeness (QED) is 0.775. The highest BCUT2D eigenvalue weighted by atomic mass is 16.5. The lowest BCUT2D eigenvalue weighted by atomic mass is 9.75. The second-order valence-corrected chi connectivity index (χ2v) is 4.80. The zero-order valence-corrected chi connectivity index (χ0v) is 10.3. The molecule has 0 unspecified atom stereocenters. The van der Waals surface area contributed by atoms with E-state index in [1.165, 1.54) is 0 Å². The van der Waals surface area contributed by atoms with E-state index >= 15 is 0 Å². The molecule has 2 aromatic rings. The Morgan fingerprint density at radius 2 is 2.11 bits per heavy atom. The summed E-state index contributed by atoms with van der Waals surface area (Å²) in [6, 6.07) is 9.72. The predicted octanol–water partition coefficient (Wildman–Crippen LogP) is 2.99. The molecule has 1 aromatic carbocycles. The van der Waals surface area contributed by atoms with Crippen molar-refractivity contribution in [3.63, 3.8) is 0 Å². The predicted molar refractivity (Wildman–Crippen MR) is 69.7 cm³/mol. The molecular weight excluding hydrogens is 226 g/mol. The average Bonchev–Trinajstić information content (AvgIpc) is 2.37. The summed E-state index contributed by atoms with van der Waals surface area (Å²) in [4.78, 5) is 16.8. The fraction of sp³-hybridized carbons (Fsp3) is 0.333. The molecule has 0 amide bonds. The number of rotatable bonds is 3. The summed E-state index contributed by atoms with van der Waals surface area (Å²) < 4.78 is 5.42. The monoisotopic (exact) mass is 241 g/mol. The van der Waals surface area contributed by atoms with Gasteiger partial charge in [0.25, 0.3) is 0 Å². The third-order valence-corrected chi connectivity index (χ3v) is 3.82. The molecule has 1 fully saturated rings. The maximum Gasteiger partial charge on any atom is 0.196 e. The average molecular weight is 241 g/mol. The lowest BCUT2D eigenvalue weighted by molar-refractivity contribution is -0.0448. The van der Waals surface area contributed by atoms with Crippen LogP contribution in [0.15, 0.2) is 36.5 Å². The molecule has 0 bridgehead atoms. The molecule has 18 heavy (non-hydrogen) atoms. The second-order valence-electron chi connectivity index (χ2n) is 4.80. The number of benzene rings is 1. The van der Waals surface area contributed by atoms with E-state index in [-0.39, 0.29) is 5.78 Å².